The van der Waals surface area contributed by atoms with Crippen molar-refractivity contribution in [2.75, 3.05) is 23.8 Å². The van der Waals surface area contributed by atoms with Gasteiger partial charge in [-0.2, -0.15) is 0 Å². The number of ether oxygens (including phenoxy) is 2. The van der Waals surface area contributed by atoms with E-state index in [2.05, 4.69) is 20.7 Å². The maximum Gasteiger partial charge on any atom is 0.264 e. The molecule has 0 spiro atoms. The van der Waals surface area contributed by atoms with E-state index in [0.717, 1.165) is 5.56 Å². The molecule has 1 aliphatic heterocycles. The van der Waals surface area contributed by atoms with Gasteiger partial charge in [0.2, 0.25) is 5.91 Å². The fraction of sp³-hybridized carbons (Fsp3) is 0.316. The Morgan fingerprint density at radius 3 is 2.54 bits per heavy atom. The molecule has 9 heteroatoms. The lowest BCUT2D eigenvalue weighted by Gasteiger charge is -2.23. The van der Waals surface area contributed by atoms with Crippen molar-refractivity contribution in [3.8, 4) is 11.5 Å². The fourth-order valence-corrected chi connectivity index (χ4v) is 5.44. The van der Waals surface area contributed by atoms with Crippen molar-refractivity contribution < 1.29 is 22.7 Å². The van der Waals surface area contributed by atoms with E-state index in [1.54, 1.807) is 18.2 Å². The van der Waals surface area contributed by atoms with Gasteiger partial charge in [0.1, 0.15) is 16.4 Å². The van der Waals surface area contributed by atoms with Gasteiger partial charge in [0.15, 0.2) is 0 Å². The SMILES string of the molecule is COc1ccc(OC)c(NS(=O)(=O)c2cc(Br)cc3c2N(C(C)=O)[C@H](C)C3)c1. The Balaban J connectivity index is 2.13. The van der Waals surface area contributed by atoms with Gasteiger partial charge >= 0.3 is 0 Å². The number of benzene rings is 2. The predicted molar refractivity (Wildman–Crippen MR) is 111 cm³/mol. The van der Waals surface area contributed by atoms with Gasteiger partial charge in [-0.15, -0.1) is 0 Å². The van der Waals surface area contributed by atoms with Gasteiger partial charge in [-0.05, 0) is 43.2 Å². The van der Waals surface area contributed by atoms with Crippen molar-refractivity contribution in [1.82, 2.24) is 0 Å². The number of halogens is 1. The number of anilines is 2. The standard InChI is InChI=1S/C19H21BrN2O5S/c1-11-7-13-8-14(20)9-18(19(13)22(11)12(2)23)28(24,25)21-16-10-15(26-3)5-6-17(16)27-4/h5-6,8-11,21H,7H2,1-4H3/t11-/m1/s1. The Hall–Kier alpha value is -2.26. The number of carbonyl (C=O) groups excluding carboxylic acids is 1. The van der Waals surface area contributed by atoms with Crippen molar-refractivity contribution in [3.05, 3.63) is 40.4 Å². The molecule has 1 heterocycles. The van der Waals surface area contributed by atoms with Gasteiger partial charge in [-0.25, -0.2) is 8.42 Å². The number of rotatable bonds is 5. The van der Waals surface area contributed by atoms with Crippen LogP contribution in [0.15, 0.2) is 39.7 Å². The molecule has 0 saturated carbocycles. The summed E-state index contributed by atoms with van der Waals surface area (Å²) in [5, 5.41) is 0. The predicted octanol–water partition coefficient (Wildman–Crippen LogP) is 3.56. The second-order valence-corrected chi connectivity index (χ2v) is 9.09. The van der Waals surface area contributed by atoms with Gasteiger partial charge in [-0.3, -0.25) is 9.52 Å². The average molecular weight is 469 g/mol. The number of methoxy groups -OCH3 is 2. The average Bonchev–Trinajstić information content (AvgIpc) is 2.95. The quantitative estimate of drug-likeness (QED) is 0.724. The van der Waals surface area contributed by atoms with Gasteiger partial charge in [0.05, 0.1) is 25.6 Å². The molecule has 0 radical (unpaired) electrons. The minimum atomic E-state index is -4.02. The van der Waals surface area contributed by atoms with Crippen LogP contribution in [-0.4, -0.2) is 34.6 Å². The third-order valence-electron chi connectivity index (χ3n) is 4.60. The van der Waals surface area contributed by atoms with Crippen LogP contribution in [0.3, 0.4) is 0 Å². The first-order valence-corrected chi connectivity index (χ1v) is 10.8. The molecular weight excluding hydrogens is 448 g/mol. The topological polar surface area (TPSA) is 84.9 Å². The summed E-state index contributed by atoms with van der Waals surface area (Å²) in [6, 6.07) is 8.06. The van der Waals surface area contributed by atoms with E-state index in [-0.39, 0.29) is 22.5 Å². The van der Waals surface area contributed by atoms with Crippen LogP contribution in [0, 0.1) is 0 Å². The van der Waals surface area contributed by atoms with E-state index in [1.165, 1.54) is 32.1 Å². The van der Waals surface area contributed by atoms with Gasteiger partial charge in [-0.1, -0.05) is 15.9 Å². The highest BCUT2D eigenvalue weighted by atomic mass is 79.9. The molecule has 1 atom stereocenters. The van der Waals surface area contributed by atoms with E-state index in [1.807, 2.05) is 13.0 Å². The molecule has 0 saturated heterocycles. The molecule has 0 unspecified atom stereocenters. The monoisotopic (exact) mass is 468 g/mol. The third kappa shape index (κ3) is 3.68. The highest BCUT2D eigenvalue weighted by Gasteiger charge is 2.35. The zero-order chi connectivity index (χ0) is 20.6. The lowest BCUT2D eigenvalue weighted by atomic mass is 10.1. The Labute approximate surface area is 172 Å². The summed E-state index contributed by atoms with van der Waals surface area (Å²) in [5.41, 5.74) is 1.46. The molecule has 0 fully saturated rings. The fourth-order valence-electron chi connectivity index (χ4n) is 3.45. The lowest BCUT2D eigenvalue weighted by molar-refractivity contribution is -0.116. The first kappa shape index (κ1) is 20.5. The van der Waals surface area contributed by atoms with Crippen molar-refractivity contribution in [2.45, 2.75) is 31.2 Å². The molecule has 1 aliphatic rings. The summed E-state index contributed by atoms with van der Waals surface area (Å²) in [6.07, 6.45) is 0.583. The van der Waals surface area contributed by atoms with Crippen LogP contribution in [0.25, 0.3) is 0 Å². The third-order valence-corrected chi connectivity index (χ3v) is 6.43. The van der Waals surface area contributed by atoms with E-state index < -0.39 is 10.0 Å². The molecule has 1 amide bonds. The van der Waals surface area contributed by atoms with E-state index in [0.29, 0.717) is 28.1 Å². The van der Waals surface area contributed by atoms with Crippen LogP contribution in [0.5, 0.6) is 11.5 Å². The summed E-state index contributed by atoms with van der Waals surface area (Å²) in [5.74, 6) is 0.633. The zero-order valence-corrected chi connectivity index (χ0v) is 18.3. The summed E-state index contributed by atoms with van der Waals surface area (Å²) >= 11 is 3.38. The normalized spacial score (nSPS) is 15.9. The van der Waals surface area contributed by atoms with E-state index in [4.69, 9.17) is 9.47 Å². The number of sulfonamides is 1. The van der Waals surface area contributed by atoms with Crippen molar-refractivity contribution in [3.63, 3.8) is 0 Å². The van der Waals surface area contributed by atoms with Crippen LogP contribution in [0.4, 0.5) is 11.4 Å². The van der Waals surface area contributed by atoms with Gasteiger partial charge in [0.25, 0.3) is 10.0 Å². The minimum absolute atomic E-state index is 0.0290. The lowest BCUT2D eigenvalue weighted by Crippen LogP contribution is -2.34. The number of fused-ring (bicyclic) bond motifs is 1. The summed E-state index contributed by atoms with van der Waals surface area (Å²) in [6.45, 7) is 3.33. The highest BCUT2D eigenvalue weighted by Crippen LogP contribution is 2.41. The number of carbonyl (C=O) groups is 1. The number of hydrogen-bond acceptors (Lipinski definition) is 5. The maximum absolute atomic E-state index is 13.3. The van der Waals surface area contributed by atoms with Gasteiger partial charge in [0, 0.05) is 23.5 Å². The molecule has 3 rings (SSSR count). The molecule has 150 valence electrons. The Bertz CT molecular complexity index is 1040. The Morgan fingerprint density at radius 1 is 1.21 bits per heavy atom. The van der Waals surface area contributed by atoms with E-state index >= 15 is 0 Å². The number of hydrogen-bond donors (Lipinski definition) is 1. The number of nitrogens with zero attached hydrogens (tertiary/aromatic N) is 1. The molecule has 1 N–H and O–H groups in total. The molecular formula is C19H21BrN2O5S. The molecule has 2 aromatic rings. The molecule has 2 aromatic carbocycles. The molecule has 0 aromatic heterocycles. The van der Waals surface area contributed by atoms with Gasteiger partial charge < -0.3 is 14.4 Å². The van der Waals surface area contributed by atoms with Crippen LogP contribution in [-0.2, 0) is 21.2 Å². The summed E-state index contributed by atoms with van der Waals surface area (Å²) in [4.78, 5) is 13.7. The highest BCUT2D eigenvalue weighted by molar-refractivity contribution is 9.10. The van der Waals surface area contributed by atoms with Crippen LogP contribution >= 0.6 is 15.9 Å². The summed E-state index contributed by atoms with van der Waals surface area (Å²) in [7, 11) is -1.07. The van der Waals surface area contributed by atoms with Crippen molar-refractivity contribution >= 4 is 43.2 Å². The van der Waals surface area contributed by atoms with Crippen molar-refractivity contribution in [2.24, 2.45) is 0 Å². The Morgan fingerprint density at radius 2 is 1.93 bits per heavy atom. The largest absolute Gasteiger partial charge is 0.497 e. The van der Waals surface area contributed by atoms with Crippen LogP contribution in [0.2, 0.25) is 0 Å². The summed E-state index contributed by atoms with van der Waals surface area (Å²) < 4.78 is 40.2. The second-order valence-electron chi connectivity index (χ2n) is 6.53. The number of nitrogens with one attached hydrogen (secondary N) is 1. The second kappa shape index (κ2) is 7.63. The molecule has 0 aliphatic carbocycles. The minimum Gasteiger partial charge on any atom is -0.497 e. The molecule has 0 bridgehead atoms. The maximum atomic E-state index is 13.3. The van der Waals surface area contributed by atoms with Crippen LogP contribution in [0.1, 0.15) is 19.4 Å². The van der Waals surface area contributed by atoms with Crippen LogP contribution < -0.4 is 19.1 Å². The number of amides is 1. The zero-order valence-electron chi connectivity index (χ0n) is 15.9. The molecule has 28 heavy (non-hydrogen) atoms. The Kier molecular flexibility index (Phi) is 5.58. The molecule has 7 nitrogen and oxygen atoms in total. The first-order chi connectivity index (χ1) is 13.2. The first-order valence-electron chi connectivity index (χ1n) is 8.55. The smallest absolute Gasteiger partial charge is 0.264 e. The van der Waals surface area contributed by atoms with E-state index in [9.17, 15) is 13.2 Å². The van der Waals surface area contributed by atoms with Crippen molar-refractivity contribution in [1.29, 1.82) is 0 Å².